The summed E-state index contributed by atoms with van der Waals surface area (Å²) in [6, 6.07) is 8.32. The van der Waals surface area contributed by atoms with Gasteiger partial charge in [0.05, 0.1) is 11.9 Å². The number of aromatic nitrogens is 2. The van der Waals surface area contributed by atoms with Crippen LogP contribution >= 0.6 is 0 Å². The average Bonchev–Trinajstić information content (AvgIpc) is 3.21. The summed E-state index contributed by atoms with van der Waals surface area (Å²) in [5.74, 6) is -2.33. The van der Waals surface area contributed by atoms with Crippen LogP contribution in [0.4, 0.5) is 4.79 Å². The molecule has 5 amide bonds. The summed E-state index contributed by atoms with van der Waals surface area (Å²) < 4.78 is 1.69. The maximum atomic E-state index is 12.5. The molecule has 1 aliphatic rings. The van der Waals surface area contributed by atoms with Gasteiger partial charge in [-0.2, -0.15) is 5.10 Å². The minimum absolute atomic E-state index is 0.254. The predicted molar refractivity (Wildman–Crippen MR) is 99.1 cm³/mol. The van der Waals surface area contributed by atoms with Crippen LogP contribution in [0, 0.1) is 0 Å². The Hall–Kier alpha value is -3.49. The number of nitrogens with zero attached hydrogens (tertiary/aromatic N) is 5. The van der Waals surface area contributed by atoms with Crippen molar-refractivity contribution in [2.75, 3.05) is 13.6 Å². The highest BCUT2D eigenvalue weighted by Gasteiger charge is 2.46. The smallest absolute Gasteiger partial charge is 0.334 e. The number of para-hydroxylation sites is 1. The molecule has 3 rings (SSSR count). The Balaban J connectivity index is 1.64. The van der Waals surface area contributed by atoms with E-state index in [-0.39, 0.29) is 6.54 Å². The van der Waals surface area contributed by atoms with Crippen LogP contribution in [-0.4, -0.2) is 67.9 Å². The number of amides is 5. The molecule has 2 aromatic rings. The number of carbonyl (C=O) groups is 4. The first-order valence-electron chi connectivity index (χ1n) is 8.81. The molecule has 0 aliphatic carbocycles. The molecule has 0 spiro atoms. The third-order valence-electron chi connectivity index (χ3n) is 4.40. The van der Waals surface area contributed by atoms with Gasteiger partial charge in [-0.3, -0.25) is 19.3 Å². The number of carbonyl (C=O) groups excluding carboxylic acids is 4. The summed E-state index contributed by atoms with van der Waals surface area (Å²) >= 11 is 0. The van der Waals surface area contributed by atoms with Crippen molar-refractivity contribution in [1.29, 1.82) is 0 Å². The lowest BCUT2D eigenvalue weighted by Crippen LogP contribution is -2.42. The molecule has 1 aromatic heterocycles. The minimum atomic E-state index is -0.975. The van der Waals surface area contributed by atoms with Crippen molar-refractivity contribution >= 4 is 23.8 Å². The van der Waals surface area contributed by atoms with Crippen molar-refractivity contribution in [3.8, 4) is 5.69 Å². The van der Waals surface area contributed by atoms with Gasteiger partial charge in [-0.25, -0.2) is 14.4 Å². The molecular formula is C19H21N5O4. The lowest BCUT2D eigenvalue weighted by Gasteiger charge is -2.21. The van der Waals surface area contributed by atoms with Gasteiger partial charge in [0.25, 0.3) is 0 Å². The molecule has 1 saturated heterocycles. The predicted octanol–water partition coefficient (Wildman–Crippen LogP) is 1.03. The molecule has 1 fully saturated rings. The summed E-state index contributed by atoms with van der Waals surface area (Å²) in [4.78, 5) is 51.6. The molecule has 9 nitrogen and oxygen atoms in total. The molecule has 146 valence electrons. The number of likely N-dealkylation sites (N-methyl/N-ethyl adjacent to an activating group) is 1. The van der Waals surface area contributed by atoms with Gasteiger partial charge >= 0.3 is 17.8 Å². The Labute approximate surface area is 162 Å². The third kappa shape index (κ3) is 3.64. The van der Waals surface area contributed by atoms with Gasteiger partial charge in [0, 0.05) is 31.4 Å². The first kappa shape index (κ1) is 19.3. The quantitative estimate of drug-likeness (QED) is 0.548. The van der Waals surface area contributed by atoms with Crippen LogP contribution in [0.2, 0.25) is 0 Å². The van der Waals surface area contributed by atoms with Gasteiger partial charge < -0.3 is 4.90 Å². The van der Waals surface area contributed by atoms with Gasteiger partial charge in [0.1, 0.15) is 6.54 Å². The Morgan fingerprint density at radius 3 is 2.39 bits per heavy atom. The van der Waals surface area contributed by atoms with Gasteiger partial charge in [0.2, 0.25) is 5.91 Å². The van der Waals surface area contributed by atoms with Crippen molar-refractivity contribution in [1.82, 2.24) is 24.5 Å². The van der Waals surface area contributed by atoms with E-state index >= 15 is 0 Å². The second-order valence-electron chi connectivity index (χ2n) is 6.82. The molecule has 2 heterocycles. The summed E-state index contributed by atoms with van der Waals surface area (Å²) in [6.45, 7) is 3.04. The fourth-order valence-electron chi connectivity index (χ4n) is 2.90. The number of hydrogen-bond donors (Lipinski definition) is 0. The zero-order valence-electron chi connectivity index (χ0n) is 15.9. The van der Waals surface area contributed by atoms with E-state index in [0.717, 1.165) is 16.2 Å². The molecule has 0 bridgehead atoms. The van der Waals surface area contributed by atoms with Crippen molar-refractivity contribution in [2.45, 2.75) is 26.4 Å². The van der Waals surface area contributed by atoms with Crippen LogP contribution in [0.25, 0.3) is 5.69 Å². The number of rotatable bonds is 6. The Bertz CT molecular complexity index is 921. The second-order valence-corrected chi connectivity index (χ2v) is 6.82. The largest absolute Gasteiger partial charge is 0.340 e. The number of urea groups is 1. The standard InChI is InChI=1S/C19H21N5O4/c1-13(2)24-18(27)17(26)22(19(24)28)12-16(25)21(3)10-14-9-20-23(11-14)15-7-5-4-6-8-15/h4-9,11,13H,10,12H2,1-3H3. The maximum Gasteiger partial charge on any atom is 0.334 e. The van der Waals surface area contributed by atoms with Crippen LogP contribution in [0.5, 0.6) is 0 Å². The van der Waals surface area contributed by atoms with Crippen LogP contribution in [0.15, 0.2) is 42.7 Å². The zero-order chi connectivity index (χ0) is 20.4. The van der Waals surface area contributed by atoms with Crippen molar-refractivity contribution in [2.24, 2.45) is 0 Å². The second kappa shape index (κ2) is 7.63. The minimum Gasteiger partial charge on any atom is -0.340 e. The van der Waals surface area contributed by atoms with E-state index in [1.54, 1.807) is 38.0 Å². The molecule has 28 heavy (non-hydrogen) atoms. The summed E-state index contributed by atoms with van der Waals surface area (Å²) in [7, 11) is 1.56. The van der Waals surface area contributed by atoms with Gasteiger partial charge in [0.15, 0.2) is 0 Å². The van der Waals surface area contributed by atoms with Crippen LogP contribution in [0.3, 0.4) is 0 Å². The van der Waals surface area contributed by atoms with E-state index in [1.807, 2.05) is 30.3 Å². The highest BCUT2D eigenvalue weighted by atomic mass is 16.2. The lowest BCUT2D eigenvalue weighted by molar-refractivity contribution is -0.145. The van der Waals surface area contributed by atoms with E-state index in [4.69, 9.17) is 0 Å². The molecule has 9 heteroatoms. The Morgan fingerprint density at radius 1 is 1.11 bits per heavy atom. The van der Waals surface area contributed by atoms with E-state index in [2.05, 4.69) is 5.10 Å². The number of imide groups is 2. The molecule has 1 aliphatic heterocycles. The molecule has 0 unspecified atom stereocenters. The van der Waals surface area contributed by atoms with Crippen LogP contribution in [-0.2, 0) is 20.9 Å². The summed E-state index contributed by atoms with van der Waals surface area (Å²) in [6.07, 6.45) is 3.45. The zero-order valence-corrected chi connectivity index (χ0v) is 15.9. The first-order chi connectivity index (χ1) is 13.3. The molecule has 1 aromatic carbocycles. The molecule has 0 N–H and O–H groups in total. The number of benzene rings is 1. The van der Waals surface area contributed by atoms with Crippen LogP contribution < -0.4 is 0 Å². The van der Waals surface area contributed by atoms with Crippen molar-refractivity contribution in [3.63, 3.8) is 0 Å². The normalized spacial score (nSPS) is 14.4. The van der Waals surface area contributed by atoms with E-state index < -0.39 is 36.3 Å². The summed E-state index contributed by atoms with van der Waals surface area (Å²) in [5.41, 5.74) is 1.68. The van der Waals surface area contributed by atoms with Gasteiger partial charge in [-0.05, 0) is 26.0 Å². The lowest BCUT2D eigenvalue weighted by atomic mass is 10.3. The van der Waals surface area contributed by atoms with E-state index in [1.165, 1.54) is 4.90 Å². The molecule has 0 saturated carbocycles. The highest BCUT2D eigenvalue weighted by molar-refractivity contribution is 6.45. The SMILES string of the molecule is CC(C)N1C(=O)C(=O)N(CC(=O)N(C)Cc2cnn(-c3ccccc3)c2)C1=O. The summed E-state index contributed by atoms with van der Waals surface area (Å²) in [5, 5.41) is 4.27. The van der Waals surface area contributed by atoms with Gasteiger partial charge in [-0.1, -0.05) is 18.2 Å². The van der Waals surface area contributed by atoms with E-state index in [9.17, 15) is 19.2 Å². The van der Waals surface area contributed by atoms with E-state index in [0.29, 0.717) is 4.90 Å². The number of hydrogen-bond acceptors (Lipinski definition) is 5. The van der Waals surface area contributed by atoms with Gasteiger partial charge in [-0.15, -0.1) is 0 Å². The molecule has 0 atom stereocenters. The highest BCUT2D eigenvalue weighted by Crippen LogP contribution is 2.16. The van der Waals surface area contributed by atoms with Crippen molar-refractivity contribution in [3.05, 3.63) is 48.3 Å². The van der Waals surface area contributed by atoms with Crippen LogP contribution in [0.1, 0.15) is 19.4 Å². The average molecular weight is 383 g/mol. The monoisotopic (exact) mass is 383 g/mol. The maximum absolute atomic E-state index is 12.5. The Morgan fingerprint density at radius 2 is 1.79 bits per heavy atom. The fraction of sp³-hybridized carbons (Fsp3) is 0.316. The Kier molecular flexibility index (Phi) is 5.25. The third-order valence-corrected chi connectivity index (χ3v) is 4.40. The first-order valence-corrected chi connectivity index (χ1v) is 8.81. The van der Waals surface area contributed by atoms with Crippen molar-refractivity contribution < 1.29 is 19.2 Å². The fourth-order valence-corrected chi connectivity index (χ4v) is 2.90. The molecule has 0 radical (unpaired) electrons. The topological polar surface area (TPSA) is 95.8 Å². The molecular weight excluding hydrogens is 362 g/mol.